The largest absolute Gasteiger partial charge is 0.387 e. The third-order valence-electron chi connectivity index (χ3n) is 3.34. The highest BCUT2D eigenvalue weighted by molar-refractivity contribution is 6.30. The van der Waals surface area contributed by atoms with Gasteiger partial charge in [-0.2, -0.15) is 0 Å². The van der Waals surface area contributed by atoms with E-state index in [0.29, 0.717) is 13.0 Å². The summed E-state index contributed by atoms with van der Waals surface area (Å²) in [7, 11) is 0. The summed E-state index contributed by atoms with van der Waals surface area (Å²) in [6, 6.07) is 2.33. The van der Waals surface area contributed by atoms with Gasteiger partial charge in [-0.25, -0.2) is 8.78 Å². The average Bonchev–Trinajstić information content (AvgIpc) is 2.39. The highest BCUT2D eigenvalue weighted by Crippen LogP contribution is 2.21. The van der Waals surface area contributed by atoms with Gasteiger partial charge >= 0.3 is 0 Å². The molecule has 0 spiro atoms. The van der Waals surface area contributed by atoms with Crippen molar-refractivity contribution in [1.29, 1.82) is 0 Å². The van der Waals surface area contributed by atoms with E-state index in [1.54, 1.807) is 0 Å². The second-order valence-electron chi connectivity index (χ2n) is 4.93. The monoisotopic (exact) mass is 290 g/mol. The molecular weight excluding hydrogens is 274 g/mol. The molecule has 3 N–H and O–H groups in total. The Balaban J connectivity index is 1.94. The molecule has 0 amide bonds. The van der Waals surface area contributed by atoms with Crippen molar-refractivity contribution in [2.45, 2.75) is 25.0 Å². The van der Waals surface area contributed by atoms with Crippen molar-refractivity contribution in [2.75, 3.05) is 19.6 Å². The number of rotatable bonds is 4. The number of aliphatic hydroxyl groups is 1. The Morgan fingerprint density at radius 3 is 2.89 bits per heavy atom. The van der Waals surface area contributed by atoms with E-state index in [2.05, 4.69) is 10.6 Å². The summed E-state index contributed by atoms with van der Waals surface area (Å²) in [5.74, 6) is -1.38. The molecule has 6 heteroatoms. The molecule has 1 atom stereocenters. The number of nitrogens with one attached hydrogen (secondary N) is 2. The predicted molar refractivity (Wildman–Crippen MR) is 70.1 cm³/mol. The molecular formula is C13H17ClF2N2O. The molecule has 1 saturated heterocycles. The predicted octanol–water partition coefficient (Wildman–Crippen LogP) is 1.82. The van der Waals surface area contributed by atoms with Gasteiger partial charge in [0, 0.05) is 25.2 Å². The lowest BCUT2D eigenvalue weighted by atomic mass is 9.94. The lowest BCUT2D eigenvalue weighted by Gasteiger charge is -2.32. The maximum atomic E-state index is 13.6. The molecule has 1 aromatic carbocycles. The number of hydrogen-bond acceptors (Lipinski definition) is 3. The fourth-order valence-electron chi connectivity index (χ4n) is 2.25. The standard InChI is InChI=1S/C13H17ClF2N2O/c14-10-2-3-11(15)9(12(10)16)6-18-8-13(19)4-1-5-17-7-13/h2-3,17-19H,1,4-8H2/t13-/m1/s1. The van der Waals surface area contributed by atoms with Crippen molar-refractivity contribution in [3.05, 3.63) is 34.4 Å². The van der Waals surface area contributed by atoms with Gasteiger partial charge in [-0.1, -0.05) is 11.6 Å². The van der Waals surface area contributed by atoms with Crippen LogP contribution in [0.2, 0.25) is 5.02 Å². The van der Waals surface area contributed by atoms with Gasteiger partial charge in [0.05, 0.1) is 10.6 Å². The topological polar surface area (TPSA) is 44.3 Å². The smallest absolute Gasteiger partial charge is 0.149 e. The molecule has 1 heterocycles. The lowest BCUT2D eigenvalue weighted by molar-refractivity contribution is 0.0168. The first-order valence-electron chi connectivity index (χ1n) is 6.28. The van der Waals surface area contributed by atoms with Gasteiger partial charge in [-0.05, 0) is 31.5 Å². The van der Waals surface area contributed by atoms with Crippen molar-refractivity contribution in [3.8, 4) is 0 Å². The Morgan fingerprint density at radius 1 is 1.42 bits per heavy atom. The number of β-amino-alcohol motifs (C(OH)–C–C–N with tert-alkyl or cyclic N) is 1. The molecule has 1 aliphatic heterocycles. The van der Waals surface area contributed by atoms with Crippen molar-refractivity contribution >= 4 is 11.6 Å². The average molecular weight is 291 g/mol. The highest BCUT2D eigenvalue weighted by Gasteiger charge is 2.28. The Kier molecular flexibility index (Phi) is 4.73. The summed E-state index contributed by atoms with van der Waals surface area (Å²) < 4.78 is 27.1. The number of piperidine rings is 1. The Morgan fingerprint density at radius 2 is 2.21 bits per heavy atom. The van der Waals surface area contributed by atoms with E-state index in [1.165, 1.54) is 6.07 Å². The van der Waals surface area contributed by atoms with Crippen LogP contribution >= 0.6 is 11.6 Å². The van der Waals surface area contributed by atoms with Gasteiger partial charge in [0.2, 0.25) is 0 Å². The first-order valence-corrected chi connectivity index (χ1v) is 6.66. The van der Waals surface area contributed by atoms with Crippen LogP contribution in [0.25, 0.3) is 0 Å². The lowest BCUT2D eigenvalue weighted by Crippen LogP contribution is -2.51. The third-order valence-corrected chi connectivity index (χ3v) is 3.64. The second kappa shape index (κ2) is 6.13. The molecule has 106 valence electrons. The maximum Gasteiger partial charge on any atom is 0.149 e. The number of hydrogen-bond donors (Lipinski definition) is 3. The summed E-state index contributed by atoms with van der Waals surface area (Å²) in [6.45, 7) is 1.66. The van der Waals surface area contributed by atoms with Crippen LogP contribution in [0, 0.1) is 11.6 Å². The van der Waals surface area contributed by atoms with Crippen LogP contribution < -0.4 is 10.6 Å². The normalized spacial score (nSPS) is 23.6. The molecule has 0 radical (unpaired) electrons. The summed E-state index contributed by atoms with van der Waals surface area (Å²) >= 11 is 5.61. The van der Waals surface area contributed by atoms with Gasteiger partial charge in [-0.3, -0.25) is 0 Å². The zero-order valence-electron chi connectivity index (χ0n) is 10.5. The van der Waals surface area contributed by atoms with E-state index >= 15 is 0 Å². The first kappa shape index (κ1) is 14.7. The molecule has 19 heavy (non-hydrogen) atoms. The minimum Gasteiger partial charge on any atom is -0.387 e. The van der Waals surface area contributed by atoms with Gasteiger partial charge in [0.15, 0.2) is 0 Å². The van der Waals surface area contributed by atoms with Gasteiger partial charge in [-0.15, -0.1) is 0 Å². The van der Waals surface area contributed by atoms with Crippen LogP contribution in [0.3, 0.4) is 0 Å². The van der Waals surface area contributed by atoms with Crippen LogP contribution in [0.15, 0.2) is 12.1 Å². The molecule has 0 bridgehead atoms. The molecule has 3 nitrogen and oxygen atoms in total. The number of benzene rings is 1. The molecule has 0 aliphatic carbocycles. The van der Waals surface area contributed by atoms with E-state index < -0.39 is 17.2 Å². The number of halogens is 3. The maximum absolute atomic E-state index is 13.6. The van der Waals surface area contributed by atoms with Crippen LogP contribution in [0.1, 0.15) is 18.4 Å². The second-order valence-corrected chi connectivity index (χ2v) is 5.34. The Hall–Kier alpha value is -0.750. The zero-order chi connectivity index (χ0) is 13.9. The fraction of sp³-hybridized carbons (Fsp3) is 0.538. The Bertz CT molecular complexity index is 451. The van der Waals surface area contributed by atoms with Gasteiger partial charge < -0.3 is 15.7 Å². The molecule has 0 saturated carbocycles. The van der Waals surface area contributed by atoms with E-state index in [9.17, 15) is 13.9 Å². The van der Waals surface area contributed by atoms with Crippen LogP contribution in [0.4, 0.5) is 8.78 Å². The molecule has 0 aromatic heterocycles. The summed E-state index contributed by atoms with van der Waals surface area (Å²) in [6.07, 6.45) is 1.56. The molecule has 2 rings (SSSR count). The van der Waals surface area contributed by atoms with Gasteiger partial charge in [0.25, 0.3) is 0 Å². The van der Waals surface area contributed by atoms with Crippen LogP contribution in [-0.2, 0) is 6.54 Å². The van der Waals surface area contributed by atoms with Crippen LogP contribution in [-0.4, -0.2) is 30.3 Å². The molecule has 0 unspecified atom stereocenters. The summed E-state index contributed by atoms with van der Waals surface area (Å²) in [4.78, 5) is 0. The highest BCUT2D eigenvalue weighted by atomic mass is 35.5. The van der Waals surface area contributed by atoms with Crippen molar-refractivity contribution < 1.29 is 13.9 Å². The summed E-state index contributed by atoms with van der Waals surface area (Å²) in [5.41, 5.74) is -0.955. The first-order chi connectivity index (χ1) is 9.02. The molecule has 1 aliphatic rings. The Labute approximate surface area is 116 Å². The van der Waals surface area contributed by atoms with E-state index in [-0.39, 0.29) is 23.7 Å². The summed E-state index contributed by atoms with van der Waals surface area (Å²) in [5, 5.41) is 16.1. The van der Waals surface area contributed by atoms with Crippen molar-refractivity contribution in [1.82, 2.24) is 10.6 Å². The minimum absolute atomic E-state index is 0.000532. The molecule has 1 aromatic rings. The van der Waals surface area contributed by atoms with Crippen molar-refractivity contribution in [3.63, 3.8) is 0 Å². The SMILES string of the molecule is O[C@]1(CNCc2c(F)ccc(Cl)c2F)CCCNC1. The van der Waals surface area contributed by atoms with Crippen LogP contribution in [0.5, 0.6) is 0 Å². The van der Waals surface area contributed by atoms with Gasteiger partial charge in [0.1, 0.15) is 11.6 Å². The third kappa shape index (κ3) is 3.63. The van der Waals surface area contributed by atoms with E-state index in [1.807, 2.05) is 0 Å². The minimum atomic E-state index is -0.857. The van der Waals surface area contributed by atoms with Crippen molar-refractivity contribution in [2.24, 2.45) is 0 Å². The molecule has 1 fully saturated rings. The van der Waals surface area contributed by atoms with E-state index in [4.69, 9.17) is 11.6 Å². The fourth-order valence-corrected chi connectivity index (χ4v) is 2.43. The van der Waals surface area contributed by atoms with E-state index in [0.717, 1.165) is 19.0 Å². The zero-order valence-corrected chi connectivity index (χ0v) is 11.2. The quantitative estimate of drug-likeness (QED) is 0.741.